The molecule has 2 unspecified atom stereocenters. The molecule has 0 saturated heterocycles. The van der Waals surface area contributed by atoms with Crippen molar-refractivity contribution in [3.63, 3.8) is 0 Å². The zero-order valence-corrected chi connectivity index (χ0v) is 9.03. The smallest absolute Gasteiger partial charge is 0.0522 e. The number of hydrogen-bond acceptors (Lipinski definition) is 2. The Morgan fingerprint density at radius 1 is 1.64 bits per heavy atom. The second-order valence-corrected chi connectivity index (χ2v) is 4.24. The van der Waals surface area contributed by atoms with Crippen LogP contribution in [0, 0.1) is 5.92 Å². The molecule has 2 atom stereocenters. The molecule has 0 spiro atoms. The maximum absolute atomic E-state index is 4.15. The summed E-state index contributed by atoms with van der Waals surface area (Å²) in [5.74, 6) is 0.948. The number of nitrogens with one attached hydrogen (secondary N) is 1. The Bertz CT molecular complexity index is 292. The summed E-state index contributed by atoms with van der Waals surface area (Å²) in [6.45, 7) is 3.36. The molecule has 1 N–H and O–H groups in total. The first kappa shape index (κ1) is 9.71. The van der Waals surface area contributed by atoms with E-state index in [-0.39, 0.29) is 0 Å². The van der Waals surface area contributed by atoms with Gasteiger partial charge in [0.2, 0.25) is 0 Å². The molecule has 1 aromatic heterocycles. The molecule has 0 radical (unpaired) electrons. The van der Waals surface area contributed by atoms with Crippen molar-refractivity contribution in [2.45, 2.75) is 32.2 Å². The highest BCUT2D eigenvalue weighted by atomic mass is 15.2. The summed E-state index contributed by atoms with van der Waals surface area (Å²) < 4.78 is 1.86. The summed E-state index contributed by atoms with van der Waals surface area (Å²) in [5.41, 5.74) is 1.33. The van der Waals surface area contributed by atoms with Crippen LogP contribution >= 0.6 is 0 Å². The fourth-order valence-electron chi connectivity index (χ4n) is 1.95. The van der Waals surface area contributed by atoms with Crippen molar-refractivity contribution in [3.05, 3.63) is 18.0 Å². The highest BCUT2D eigenvalue weighted by molar-refractivity contribution is 5.04. The van der Waals surface area contributed by atoms with Crippen molar-refractivity contribution in [1.82, 2.24) is 15.1 Å². The Morgan fingerprint density at radius 2 is 2.50 bits per heavy atom. The first-order chi connectivity index (χ1) is 6.79. The lowest BCUT2D eigenvalue weighted by Gasteiger charge is -2.01. The van der Waals surface area contributed by atoms with Gasteiger partial charge in [-0.2, -0.15) is 5.10 Å². The van der Waals surface area contributed by atoms with E-state index in [1.165, 1.54) is 18.4 Å². The molecule has 2 rings (SSSR count). The molecule has 0 aliphatic heterocycles. The molecular weight excluding hydrogens is 174 g/mol. The van der Waals surface area contributed by atoms with Gasteiger partial charge in [0.25, 0.3) is 0 Å². The molecule has 1 aliphatic rings. The minimum atomic E-state index is 0.802. The van der Waals surface area contributed by atoms with E-state index >= 15 is 0 Å². The van der Waals surface area contributed by atoms with Gasteiger partial charge >= 0.3 is 0 Å². The zero-order chi connectivity index (χ0) is 9.97. The third kappa shape index (κ3) is 2.35. The van der Waals surface area contributed by atoms with Crippen molar-refractivity contribution >= 4 is 0 Å². The zero-order valence-electron chi connectivity index (χ0n) is 9.03. The third-order valence-corrected chi connectivity index (χ3v) is 3.03. The Balaban J connectivity index is 1.64. The maximum atomic E-state index is 4.15. The minimum absolute atomic E-state index is 0.802. The Hall–Kier alpha value is -0.830. The normalized spacial score (nSPS) is 25.3. The Kier molecular flexibility index (Phi) is 2.87. The van der Waals surface area contributed by atoms with Crippen LogP contribution in [-0.2, 0) is 13.5 Å². The second-order valence-electron chi connectivity index (χ2n) is 4.24. The van der Waals surface area contributed by atoms with E-state index in [0.717, 1.165) is 24.9 Å². The van der Waals surface area contributed by atoms with E-state index in [0.29, 0.717) is 0 Å². The lowest BCUT2D eigenvalue weighted by atomic mass is 10.2. The van der Waals surface area contributed by atoms with E-state index in [1.807, 2.05) is 17.9 Å². The molecule has 1 saturated carbocycles. The summed E-state index contributed by atoms with van der Waals surface area (Å²) in [6, 6.07) is 0.802. The Morgan fingerprint density at radius 3 is 3.07 bits per heavy atom. The van der Waals surface area contributed by atoms with Gasteiger partial charge in [-0.25, -0.2) is 0 Å². The van der Waals surface area contributed by atoms with Crippen LogP contribution in [0.25, 0.3) is 0 Å². The maximum Gasteiger partial charge on any atom is 0.0522 e. The summed E-state index contributed by atoms with van der Waals surface area (Å²) >= 11 is 0. The number of rotatable bonds is 5. The van der Waals surface area contributed by atoms with Crippen LogP contribution in [-0.4, -0.2) is 22.4 Å². The van der Waals surface area contributed by atoms with Crippen LogP contribution in [0.3, 0.4) is 0 Å². The van der Waals surface area contributed by atoms with Gasteiger partial charge in [0.05, 0.1) is 6.20 Å². The van der Waals surface area contributed by atoms with Crippen molar-refractivity contribution < 1.29 is 0 Å². The molecular formula is C11H19N3. The van der Waals surface area contributed by atoms with Gasteiger partial charge < -0.3 is 5.32 Å². The monoisotopic (exact) mass is 193 g/mol. The predicted octanol–water partition coefficient (Wildman–Crippen LogP) is 1.35. The molecule has 1 heterocycles. The van der Waals surface area contributed by atoms with Gasteiger partial charge in [-0.1, -0.05) is 13.3 Å². The molecule has 14 heavy (non-hydrogen) atoms. The van der Waals surface area contributed by atoms with Gasteiger partial charge in [0.1, 0.15) is 0 Å². The van der Waals surface area contributed by atoms with Gasteiger partial charge in [-0.15, -0.1) is 0 Å². The average Bonchev–Trinajstić information content (AvgIpc) is 2.81. The van der Waals surface area contributed by atoms with Gasteiger partial charge in [-0.05, 0) is 30.9 Å². The molecule has 1 aliphatic carbocycles. The highest BCUT2D eigenvalue weighted by Gasteiger charge is 2.34. The number of aryl methyl sites for hydroxylation is 1. The van der Waals surface area contributed by atoms with Crippen LogP contribution in [0.15, 0.2) is 12.4 Å². The van der Waals surface area contributed by atoms with E-state index in [1.54, 1.807) is 0 Å². The van der Waals surface area contributed by atoms with Gasteiger partial charge in [-0.3, -0.25) is 4.68 Å². The number of nitrogens with zero attached hydrogens (tertiary/aromatic N) is 2. The van der Waals surface area contributed by atoms with E-state index < -0.39 is 0 Å². The summed E-state index contributed by atoms with van der Waals surface area (Å²) in [5, 5.41) is 7.73. The third-order valence-electron chi connectivity index (χ3n) is 3.03. The van der Waals surface area contributed by atoms with Crippen molar-refractivity contribution in [3.8, 4) is 0 Å². The Labute approximate surface area is 85.5 Å². The summed E-state index contributed by atoms with van der Waals surface area (Å²) in [7, 11) is 1.96. The van der Waals surface area contributed by atoms with Crippen LogP contribution in [0.4, 0.5) is 0 Å². The van der Waals surface area contributed by atoms with E-state index in [4.69, 9.17) is 0 Å². The topological polar surface area (TPSA) is 29.9 Å². The predicted molar refractivity (Wildman–Crippen MR) is 57.1 cm³/mol. The quantitative estimate of drug-likeness (QED) is 0.765. The lowest BCUT2D eigenvalue weighted by Crippen LogP contribution is -2.20. The fourth-order valence-corrected chi connectivity index (χ4v) is 1.95. The van der Waals surface area contributed by atoms with Crippen LogP contribution in [0.2, 0.25) is 0 Å². The van der Waals surface area contributed by atoms with Gasteiger partial charge in [0, 0.05) is 19.3 Å². The van der Waals surface area contributed by atoms with Crippen molar-refractivity contribution in [1.29, 1.82) is 0 Å². The average molecular weight is 193 g/mol. The number of hydrogen-bond donors (Lipinski definition) is 1. The lowest BCUT2D eigenvalue weighted by molar-refractivity contribution is 0.623. The molecule has 3 nitrogen and oxygen atoms in total. The van der Waals surface area contributed by atoms with Crippen LogP contribution in [0.5, 0.6) is 0 Å². The van der Waals surface area contributed by atoms with Crippen LogP contribution in [0.1, 0.15) is 25.3 Å². The molecule has 1 fully saturated rings. The van der Waals surface area contributed by atoms with E-state index in [2.05, 4.69) is 23.5 Å². The molecule has 1 aromatic rings. The molecule has 78 valence electrons. The standard InChI is InChI=1S/C11H19N3/c1-3-10-6-11(10)12-5-4-9-7-13-14(2)8-9/h7-8,10-12H,3-6H2,1-2H3. The number of aromatic nitrogens is 2. The van der Waals surface area contributed by atoms with Gasteiger partial charge in [0.15, 0.2) is 0 Å². The SMILES string of the molecule is CCC1CC1NCCc1cnn(C)c1. The summed E-state index contributed by atoms with van der Waals surface area (Å²) in [6.07, 6.45) is 7.84. The molecule has 0 bridgehead atoms. The minimum Gasteiger partial charge on any atom is -0.313 e. The van der Waals surface area contributed by atoms with E-state index in [9.17, 15) is 0 Å². The second kappa shape index (κ2) is 4.13. The first-order valence-electron chi connectivity index (χ1n) is 5.50. The van der Waals surface area contributed by atoms with Crippen molar-refractivity contribution in [2.24, 2.45) is 13.0 Å². The van der Waals surface area contributed by atoms with Crippen molar-refractivity contribution in [2.75, 3.05) is 6.54 Å². The highest BCUT2D eigenvalue weighted by Crippen LogP contribution is 2.32. The molecule has 0 amide bonds. The fraction of sp³-hybridized carbons (Fsp3) is 0.727. The molecule has 0 aromatic carbocycles. The van der Waals surface area contributed by atoms with Crippen LogP contribution < -0.4 is 5.32 Å². The largest absolute Gasteiger partial charge is 0.313 e. The molecule has 3 heteroatoms. The first-order valence-corrected chi connectivity index (χ1v) is 5.50. The summed E-state index contributed by atoms with van der Waals surface area (Å²) in [4.78, 5) is 0.